The van der Waals surface area contributed by atoms with Gasteiger partial charge in [0.25, 0.3) is 5.91 Å². The van der Waals surface area contributed by atoms with Crippen LogP contribution in [0.1, 0.15) is 62.0 Å². The van der Waals surface area contributed by atoms with E-state index in [4.69, 9.17) is 10.5 Å². The lowest BCUT2D eigenvalue weighted by atomic mass is 9.61. The third-order valence-electron chi connectivity index (χ3n) is 4.62. The minimum Gasteiger partial charge on any atom is -0.466 e. The van der Waals surface area contributed by atoms with Gasteiger partial charge in [0.2, 0.25) is 0 Å². The molecule has 1 atom stereocenters. The number of carbonyl (C=O) groups excluding carboxylic acids is 2. The largest absolute Gasteiger partial charge is 0.466 e. The molecule has 1 aromatic carbocycles. The molecular weight excluding hydrogens is 304 g/mol. The number of carbonyl (C=O) groups is 2. The van der Waals surface area contributed by atoms with Crippen molar-refractivity contribution >= 4 is 11.9 Å². The predicted molar refractivity (Wildman–Crippen MR) is 93.5 cm³/mol. The molecule has 0 radical (unpaired) electrons. The first-order chi connectivity index (χ1) is 11.3. The van der Waals surface area contributed by atoms with Gasteiger partial charge in [0, 0.05) is 18.2 Å². The molecule has 1 aliphatic rings. The lowest BCUT2D eigenvalue weighted by molar-refractivity contribution is -0.142. The lowest BCUT2D eigenvalue weighted by Crippen LogP contribution is -2.38. The van der Waals surface area contributed by atoms with Crippen molar-refractivity contribution in [1.29, 1.82) is 0 Å². The molecule has 24 heavy (non-hydrogen) atoms. The van der Waals surface area contributed by atoms with E-state index in [1.807, 2.05) is 12.1 Å². The first-order valence-electron chi connectivity index (χ1n) is 8.62. The summed E-state index contributed by atoms with van der Waals surface area (Å²) in [6.07, 6.45) is 2.47. The molecule has 0 aliphatic heterocycles. The Bertz CT molecular complexity index is 573. The normalized spacial score (nSPS) is 17.7. The highest BCUT2D eigenvalue weighted by Crippen LogP contribution is 2.49. The summed E-state index contributed by atoms with van der Waals surface area (Å²) in [6.45, 7) is 6.91. The second kappa shape index (κ2) is 7.79. The Kier molecular flexibility index (Phi) is 5.99. The summed E-state index contributed by atoms with van der Waals surface area (Å²) in [5, 5.41) is 2.72. The second-order valence-corrected chi connectivity index (χ2v) is 7.29. The highest BCUT2D eigenvalue weighted by molar-refractivity contribution is 5.94. The Morgan fingerprint density at radius 2 is 1.92 bits per heavy atom. The average molecular weight is 332 g/mol. The minimum absolute atomic E-state index is 0.0268. The Labute approximate surface area is 143 Å². The Hall–Kier alpha value is -1.88. The lowest BCUT2D eigenvalue weighted by Gasteiger charge is -2.45. The maximum Gasteiger partial charge on any atom is 0.307 e. The van der Waals surface area contributed by atoms with Gasteiger partial charge in [-0.05, 0) is 48.8 Å². The zero-order valence-electron chi connectivity index (χ0n) is 14.8. The van der Waals surface area contributed by atoms with Gasteiger partial charge in [-0.3, -0.25) is 9.59 Å². The Morgan fingerprint density at radius 1 is 1.29 bits per heavy atom. The highest BCUT2D eigenvalue weighted by Gasteiger charge is 2.39. The fraction of sp³-hybridized carbons (Fsp3) is 0.579. The topological polar surface area (TPSA) is 81.4 Å². The molecule has 1 aliphatic carbocycles. The summed E-state index contributed by atoms with van der Waals surface area (Å²) in [7, 11) is 0. The van der Waals surface area contributed by atoms with E-state index in [0.717, 1.165) is 18.4 Å². The second-order valence-electron chi connectivity index (χ2n) is 7.29. The van der Waals surface area contributed by atoms with Gasteiger partial charge in [0.1, 0.15) is 0 Å². The Morgan fingerprint density at radius 3 is 2.46 bits per heavy atom. The van der Waals surface area contributed by atoms with Crippen LogP contribution in [0.15, 0.2) is 24.3 Å². The summed E-state index contributed by atoms with van der Waals surface area (Å²) in [4.78, 5) is 23.3. The third kappa shape index (κ3) is 4.81. The molecular formula is C19H28N2O3. The SMILES string of the molecule is CCOC(=O)CCNC(=O)c1ccc(C(N)C2CC(C)(C)C2)cc1. The van der Waals surface area contributed by atoms with Crippen molar-refractivity contribution in [3.63, 3.8) is 0 Å². The van der Waals surface area contributed by atoms with Gasteiger partial charge >= 0.3 is 5.97 Å². The molecule has 1 amide bonds. The van der Waals surface area contributed by atoms with Gasteiger partial charge < -0.3 is 15.8 Å². The minimum atomic E-state index is -0.303. The van der Waals surface area contributed by atoms with Crippen LogP contribution in [0.3, 0.4) is 0 Å². The van der Waals surface area contributed by atoms with Crippen molar-refractivity contribution in [2.24, 2.45) is 17.1 Å². The van der Waals surface area contributed by atoms with E-state index >= 15 is 0 Å². The molecule has 3 N–H and O–H groups in total. The fourth-order valence-corrected chi connectivity index (χ4v) is 3.36. The number of ether oxygens (including phenoxy) is 1. The molecule has 1 unspecified atom stereocenters. The van der Waals surface area contributed by atoms with E-state index in [1.54, 1.807) is 19.1 Å². The molecule has 0 heterocycles. The maximum atomic E-state index is 12.1. The quantitative estimate of drug-likeness (QED) is 0.752. The zero-order valence-corrected chi connectivity index (χ0v) is 14.8. The predicted octanol–water partition coefficient (Wildman–Crippen LogP) is 2.81. The van der Waals surface area contributed by atoms with Gasteiger partial charge in [-0.2, -0.15) is 0 Å². The van der Waals surface area contributed by atoms with Crippen molar-refractivity contribution in [3.8, 4) is 0 Å². The molecule has 1 aromatic rings. The van der Waals surface area contributed by atoms with E-state index in [2.05, 4.69) is 19.2 Å². The third-order valence-corrected chi connectivity index (χ3v) is 4.62. The molecule has 0 bridgehead atoms. The summed E-state index contributed by atoms with van der Waals surface area (Å²) in [5.41, 5.74) is 8.38. The number of hydrogen-bond donors (Lipinski definition) is 2. The molecule has 2 rings (SSSR count). The van der Waals surface area contributed by atoms with Crippen LogP contribution in [0.25, 0.3) is 0 Å². The smallest absolute Gasteiger partial charge is 0.307 e. The molecule has 5 nitrogen and oxygen atoms in total. The number of benzene rings is 1. The van der Waals surface area contributed by atoms with Crippen LogP contribution in [-0.4, -0.2) is 25.0 Å². The number of amides is 1. The van der Waals surface area contributed by atoms with Gasteiger partial charge in [-0.25, -0.2) is 0 Å². The highest BCUT2D eigenvalue weighted by atomic mass is 16.5. The summed E-state index contributed by atoms with van der Waals surface area (Å²) < 4.78 is 4.82. The molecule has 0 spiro atoms. The van der Waals surface area contributed by atoms with Crippen molar-refractivity contribution in [2.75, 3.05) is 13.2 Å². The number of nitrogens with one attached hydrogen (secondary N) is 1. The number of nitrogens with two attached hydrogens (primary N) is 1. The van der Waals surface area contributed by atoms with Crippen molar-refractivity contribution in [2.45, 2.75) is 46.1 Å². The van der Waals surface area contributed by atoms with Crippen LogP contribution in [0.4, 0.5) is 0 Å². The first-order valence-corrected chi connectivity index (χ1v) is 8.62. The van der Waals surface area contributed by atoms with Crippen molar-refractivity contribution < 1.29 is 14.3 Å². The maximum absolute atomic E-state index is 12.1. The molecule has 132 valence electrons. The number of hydrogen-bond acceptors (Lipinski definition) is 4. The van der Waals surface area contributed by atoms with E-state index in [-0.39, 0.29) is 30.9 Å². The van der Waals surface area contributed by atoms with Crippen LogP contribution in [0.5, 0.6) is 0 Å². The Balaban J connectivity index is 1.83. The van der Waals surface area contributed by atoms with Crippen molar-refractivity contribution in [1.82, 2.24) is 5.32 Å². The molecule has 1 saturated carbocycles. The molecule has 5 heteroatoms. The average Bonchev–Trinajstić information content (AvgIpc) is 2.52. The summed E-state index contributed by atoms with van der Waals surface area (Å²) in [5.74, 6) is 0.0241. The van der Waals surface area contributed by atoms with Crippen LogP contribution >= 0.6 is 0 Å². The molecule has 0 aromatic heterocycles. The van der Waals surface area contributed by atoms with E-state index < -0.39 is 0 Å². The van der Waals surface area contributed by atoms with Crippen LogP contribution in [0.2, 0.25) is 0 Å². The van der Waals surface area contributed by atoms with Crippen LogP contribution in [0, 0.1) is 11.3 Å². The first kappa shape index (κ1) is 18.5. The van der Waals surface area contributed by atoms with E-state index in [9.17, 15) is 9.59 Å². The molecule has 1 fully saturated rings. The van der Waals surface area contributed by atoms with E-state index in [1.165, 1.54) is 0 Å². The molecule has 0 saturated heterocycles. The van der Waals surface area contributed by atoms with Crippen LogP contribution in [-0.2, 0) is 9.53 Å². The standard InChI is InChI=1S/C19H28N2O3/c1-4-24-16(22)9-10-21-18(23)14-7-5-13(6-8-14)17(20)15-11-19(2,3)12-15/h5-8,15,17H,4,9-12,20H2,1-3H3,(H,21,23). The van der Waals surface area contributed by atoms with Crippen molar-refractivity contribution in [3.05, 3.63) is 35.4 Å². The van der Waals surface area contributed by atoms with Gasteiger partial charge in [0.15, 0.2) is 0 Å². The monoisotopic (exact) mass is 332 g/mol. The van der Waals surface area contributed by atoms with Gasteiger partial charge in [-0.15, -0.1) is 0 Å². The zero-order chi connectivity index (χ0) is 17.7. The fourth-order valence-electron chi connectivity index (χ4n) is 3.36. The van der Waals surface area contributed by atoms with Gasteiger partial charge in [-0.1, -0.05) is 26.0 Å². The summed E-state index contributed by atoms with van der Waals surface area (Å²) >= 11 is 0. The van der Waals surface area contributed by atoms with Crippen LogP contribution < -0.4 is 11.1 Å². The van der Waals surface area contributed by atoms with E-state index in [0.29, 0.717) is 23.5 Å². The summed E-state index contributed by atoms with van der Waals surface area (Å²) in [6, 6.07) is 7.46. The van der Waals surface area contributed by atoms with Gasteiger partial charge in [0.05, 0.1) is 13.0 Å². The number of rotatable bonds is 7. The number of esters is 1.